The molecule has 1 aromatic carbocycles. The number of aromatic nitrogens is 1. The fourth-order valence-electron chi connectivity index (χ4n) is 1.70. The first-order valence-corrected chi connectivity index (χ1v) is 7.30. The van der Waals surface area contributed by atoms with Crippen molar-refractivity contribution in [2.75, 3.05) is 12.8 Å². The molecule has 19 heavy (non-hydrogen) atoms. The SMILES string of the molecule is Cc1ncc(CN(C)C(=O)c2cccc(N)c2Br)s1. The first kappa shape index (κ1) is 14.0. The van der Waals surface area contributed by atoms with Gasteiger partial charge in [-0.05, 0) is 35.0 Å². The topological polar surface area (TPSA) is 59.2 Å². The molecule has 0 fully saturated rings. The van der Waals surface area contributed by atoms with Crippen LogP contribution >= 0.6 is 27.3 Å². The molecular formula is C13H14BrN3OS. The molecule has 2 aromatic rings. The number of anilines is 1. The van der Waals surface area contributed by atoms with E-state index in [1.165, 1.54) is 0 Å². The Bertz CT molecular complexity index is 612. The lowest BCUT2D eigenvalue weighted by Gasteiger charge is -2.17. The molecule has 0 unspecified atom stereocenters. The number of nitrogen functional groups attached to an aromatic ring is 1. The molecule has 0 saturated heterocycles. The highest BCUT2D eigenvalue weighted by molar-refractivity contribution is 9.10. The Kier molecular flexibility index (Phi) is 4.21. The smallest absolute Gasteiger partial charge is 0.255 e. The highest BCUT2D eigenvalue weighted by atomic mass is 79.9. The van der Waals surface area contributed by atoms with E-state index in [0.29, 0.717) is 22.3 Å². The molecule has 2 N–H and O–H groups in total. The molecule has 0 spiro atoms. The van der Waals surface area contributed by atoms with Crippen LogP contribution in [0.1, 0.15) is 20.2 Å². The molecule has 1 aromatic heterocycles. The molecule has 6 heteroatoms. The van der Waals surface area contributed by atoms with Gasteiger partial charge >= 0.3 is 0 Å². The van der Waals surface area contributed by atoms with E-state index in [-0.39, 0.29) is 5.91 Å². The van der Waals surface area contributed by atoms with Crippen molar-refractivity contribution >= 4 is 38.9 Å². The number of thiazole rings is 1. The molecular weight excluding hydrogens is 326 g/mol. The van der Waals surface area contributed by atoms with Gasteiger partial charge in [0.2, 0.25) is 0 Å². The van der Waals surface area contributed by atoms with E-state index in [1.807, 2.05) is 6.92 Å². The number of aryl methyl sites for hydroxylation is 1. The number of nitrogens with two attached hydrogens (primary N) is 1. The van der Waals surface area contributed by atoms with Gasteiger partial charge in [-0.1, -0.05) is 6.07 Å². The van der Waals surface area contributed by atoms with Crippen molar-refractivity contribution in [3.63, 3.8) is 0 Å². The van der Waals surface area contributed by atoms with Gasteiger partial charge in [0.25, 0.3) is 5.91 Å². The Morgan fingerprint density at radius 3 is 2.89 bits per heavy atom. The second-order valence-electron chi connectivity index (χ2n) is 4.22. The molecule has 1 heterocycles. The molecule has 4 nitrogen and oxygen atoms in total. The van der Waals surface area contributed by atoms with Crippen LogP contribution in [0.3, 0.4) is 0 Å². The average molecular weight is 340 g/mol. The lowest BCUT2D eigenvalue weighted by atomic mass is 10.2. The molecule has 0 radical (unpaired) electrons. The molecule has 0 saturated carbocycles. The van der Waals surface area contributed by atoms with E-state index >= 15 is 0 Å². The molecule has 100 valence electrons. The summed E-state index contributed by atoms with van der Waals surface area (Å²) in [6.45, 7) is 2.50. The number of amides is 1. The van der Waals surface area contributed by atoms with E-state index in [2.05, 4.69) is 20.9 Å². The third kappa shape index (κ3) is 3.13. The Labute approximate surface area is 124 Å². The van der Waals surface area contributed by atoms with E-state index in [1.54, 1.807) is 47.7 Å². The standard InChI is InChI=1S/C13H14BrN3OS/c1-8-16-6-9(19-8)7-17(2)13(18)10-4-3-5-11(15)12(10)14/h3-6H,7,15H2,1-2H3. The largest absolute Gasteiger partial charge is 0.398 e. The van der Waals surface area contributed by atoms with E-state index < -0.39 is 0 Å². The number of benzene rings is 1. The fourth-order valence-corrected chi connectivity index (χ4v) is 2.99. The molecule has 0 aliphatic carbocycles. The van der Waals surface area contributed by atoms with E-state index in [4.69, 9.17) is 5.73 Å². The van der Waals surface area contributed by atoms with Crippen molar-refractivity contribution in [2.24, 2.45) is 0 Å². The molecule has 0 aliphatic heterocycles. The van der Waals surface area contributed by atoms with Crippen molar-refractivity contribution in [1.82, 2.24) is 9.88 Å². The molecule has 0 bridgehead atoms. The van der Waals surface area contributed by atoms with Gasteiger partial charge in [0.05, 0.1) is 21.6 Å². The van der Waals surface area contributed by atoms with Gasteiger partial charge in [0.1, 0.15) is 0 Å². The Hall–Kier alpha value is -1.40. The number of halogens is 1. The minimum Gasteiger partial charge on any atom is -0.398 e. The fraction of sp³-hybridized carbons (Fsp3) is 0.231. The van der Waals surface area contributed by atoms with E-state index in [0.717, 1.165) is 9.88 Å². The zero-order chi connectivity index (χ0) is 14.0. The van der Waals surface area contributed by atoms with Crippen molar-refractivity contribution < 1.29 is 4.79 Å². The van der Waals surface area contributed by atoms with Crippen LogP contribution in [0.25, 0.3) is 0 Å². The Balaban J connectivity index is 2.17. The van der Waals surface area contributed by atoms with Gasteiger partial charge in [-0.15, -0.1) is 11.3 Å². The van der Waals surface area contributed by atoms with Crippen LogP contribution in [0.15, 0.2) is 28.9 Å². The first-order valence-electron chi connectivity index (χ1n) is 5.70. The van der Waals surface area contributed by atoms with Crippen LogP contribution in [0, 0.1) is 6.92 Å². The zero-order valence-electron chi connectivity index (χ0n) is 10.7. The average Bonchev–Trinajstić information content (AvgIpc) is 2.77. The third-order valence-corrected chi connectivity index (χ3v) is 4.45. The van der Waals surface area contributed by atoms with Crippen molar-refractivity contribution in [3.05, 3.63) is 44.3 Å². The van der Waals surface area contributed by atoms with Gasteiger partial charge in [-0.3, -0.25) is 4.79 Å². The summed E-state index contributed by atoms with van der Waals surface area (Å²) >= 11 is 4.95. The van der Waals surface area contributed by atoms with Crippen LogP contribution in [0.5, 0.6) is 0 Å². The lowest BCUT2D eigenvalue weighted by molar-refractivity contribution is 0.0785. The number of carbonyl (C=O) groups is 1. The van der Waals surface area contributed by atoms with Crippen molar-refractivity contribution in [1.29, 1.82) is 0 Å². The van der Waals surface area contributed by atoms with Crippen LogP contribution < -0.4 is 5.73 Å². The molecule has 2 rings (SSSR count). The summed E-state index contributed by atoms with van der Waals surface area (Å²) in [7, 11) is 1.77. The van der Waals surface area contributed by atoms with Crippen molar-refractivity contribution in [2.45, 2.75) is 13.5 Å². The second kappa shape index (κ2) is 5.71. The number of nitrogens with zero attached hydrogens (tertiary/aromatic N) is 2. The van der Waals surface area contributed by atoms with Gasteiger partial charge in [0, 0.05) is 23.8 Å². The summed E-state index contributed by atoms with van der Waals surface area (Å²) in [6, 6.07) is 5.29. The van der Waals surface area contributed by atoms with Crippen molar-refractivity contribution in [3.8, 4) is 0 Å². The maximum absolute atomic E-state index is 12.4. The monoisotopic (exact) mass is 339 g/mol. The van der Waals surface area contributed by atoms with Gasteiger partial charge < -0.3 is 10.6 Å². The van der Waals surface area contributed by atoms with Crippen LogP contribution in [-0.4, -0.2) is 22.8 Å². The van der Waals surface area contributed by atoms with E-state index in [9.17, 15) is 4.79 Å². The zero-order valence-corrected chi connectivity index (χ0v) is 13.1. The maximum Gasteiger partial charge on any atom is 0.255 e. The predicted molar refractivity (Wildman–Crippen MR) is 81.2 cm³/mol. The predicted octanol–water partition coefficient (Wildman–Crippen LogP) is 3.07. The highest BCUT2D eigenvalue weighted by Crippen LogP contribution is 2.25. The van der Waals surface area contributed by atoms with Gasteiger partial charge in [-0.2, -0.15) is 0 Å². The third-order valence-electron chi connectivity index (χ3n) is 2.67. The van der Waals surface area contributed by atoms with Crippen LogP contribution in [-0.2, 0) is 6.54 Å². The quantitative estimate of drug-likeness (QED) is 0.874. The highest BCUT2D eigenvalue weighted by Gasteiger charge is 2.16. The number of rotatable bonds is 3. The Morgan fingerprint density at radius 1 is 1.53 bits per heavy atom. The number of carbonyl (C=O) groups excluding carboxylic acids is 1. The molecule has 0 aliphatic rings. The molecule has 1 amide bonds. The lowest BCUT2D eigenvalue weighted by Crippen LogP contribution is -2.26. The second-order valence-corrected chi connectivity index (χ2v) is 6.33. The number of hydrogen-bond donors (Lipinski definition) is 1. The summed E-state index contributed by atoms with van der Waals surface area (Å²) in [5.74, 6) is -0.0646. The maximum atomic E-state index is 12.4. The normalized spacial score (nSPS) is 10.5. The minimum absolute atomic E-state index is 0.0646. The summed E-state index contributed by atoms with van der Waals surface area (Å²) in [5, 5.41) is 1.00. The molecule has 0 atom stereocenters. The van der Waals surface area contributed by atoms with Crippen LogP contribution in [0.4, 0.5) is 5.69 Å². The summed E-state index contributed by atoms with van der Waals surface area (Å²) in [6.07, 6.45) is 1.80. The summed E-state index contributed by atoms with van der Waals surface area (Å²) < 4.78 is 0.646. The Morgan fingerprint density at radius 2 is 2.26 bits per heavy atom. The summed E-state index contributed by atoms with van der Waals surface area (Å²) in [5.41, 5.74) is 6.92. The van der Waals surface area contributed by atoms with Crippen LogP contribution in [0.2, 0.25) is 0 Å². The summed E-state index contributed by atoms with van der Waals surface area (Å²) in [4.78, 5) is 19.3. The minimum atomic E-state index is -0.0646. The first-order chi connectivity index (χ1) is 8.99. The number of hydrogen-bond acceptors (Lipinski definition) is 4. The van der Waals surface area contributed by atoms with Gasteiger partial charge in [0.15, 0.2) is 0 Å². The van der Waals surface area contributed by atoms with Gasteiger partial charge in [-0.25, -0.2) is 4.98 Å².